The zero-order valence-corrected chi connectivity index (χ0v) is 29.7. The highest BCUT2D eigenvalue weighted by molar-refractivity contribution is 7.00. The third kappa shape index (κ3) is 5.27. The lowest BCUT2D eigenvalue weighted by atomic mass is 9.33. The van der Waals surface area contributed by atoms with Crippen molar-refractivity contribution >= 4 is 57.2 Å². The lowest BCUT2D eigenvalue weighted by molar-refractivity contribution is 0.867. The standard InChI is InChI=1S/C48H41BN2/c1-32(2)34-18-22-36(23-19-34)38-26-28-42-46(30-38)50(40-12-7-5-8-13-40)44-16-11-17-45-48(44)49(42)43-29-27-39(37-24-20-35(21-25-37)33(3)4)31-47(43)51(45)41-14-9-6-10-15-41/h5-33H,1-4H3. The Kier molecular flexibility index (Phi) is 7.66. The van der Waals surface area contributed by atoms with E-state index >= 15 is 0 Å². The second-order valence-corrected chi connectivity index (χ2v) is 14.6. The topological polar surface area (TPSA) is 6.48 Å². The smallest absolute Gasteiger partial charge is 0.252 e. The van der Waals surface area contributed by atoms with Gasteiger partial charge >= 0.3 is 0 Å². The molecule has 0 amide bonds. The molecule has 0 aromatic heterocycles. The highest BCUT2D eigenvalue weighted by atomic mass is 15.2. The summed E-state index contributed by atoms with van der Waals surface area (Å²) in [7, 11) is 0. The fraction of sp³-hybridized carbons (Fsp3) is 0.125. The van der Waals surface area contributed by atoms with E-state index in [4.69, 9.17) is 0 Å². The Balaban J connectivity index is 1.28. The van der Waals surface area contributed by atoms with Gasteiger partial charge in [0.05, 0.1) is 0 Å². The fourth-order valence-corrected chi connectivity index (χ4v) is 8.12. The summed E-state index contributed by atoms with van der Waals surface area (Å²) in [6, 6.07) is 61.1. The maximum atomic E-state index is 2.48. The Morgan fingerprint density at radius 3 is 1.16 bits per heavy atom. The van der Waals surface area contributed by atoms with Crippen LogP contribution >= 0.6 is 0 Å². The summed E-state index contributed by atoms with van der Waals surface area (Å²) in [5.74, 6) is 1.01. The van der Waals surface area contributed by atoms with Crippen molar-refractivity contribution in [1.82, 2.24) is 0 Å². The molecule has 0 bridgehead atoms. The first kappa shape index (κ1) is 31.2. The molecule has 0 atom stereocenters. The molecule has 3 heteroatoms. The van der Waals surface area contributed by atoms with Crippen molar-refractivity contribution in [2.24, 2.45) is 0 Å². The van der Waals surface area contributed by atoms with Gasteiger partial charge in [0.25, 0.3) is 6.71 Å². The van der Waals surface area contributed by atoms with Gasteiger partial charge in [0, 0.05) is 34.1 Å². The number of benzene rings is 7. The molecule has 7 aromatic rings. The lowest BCUT2D eigenvalue weighted by Gasteiger charge is -2.44. The molecule has 9 rings (SSSR count). The van der Waals surface area contributed by atoms with Gasteiger partial charge in [0.15, 0.2) is 0 Å². The third-order valence-corrected chi connectivity index (χ3v) is 10.8. The summed E-state index contributed by atoms with van der Waals surface area (Å²) < 4.78 is 0. The van der Waals surface area contributed by atoms with Crippen LogP contribution in [0.1, 0.15) is 50.7 Å². The molecule has 7 aromatic carbocycles. The molecule has 2 aliphatic rings. The van der Waals surface area contributed by atoms with E-state index in [-0.39, 0.29) is 6.71 Å². The number of para-hydroxylation sites is 2. The lowest BCUT2D eigenvalue weighted by Crippen LogP contribution is -2.61. The second-order valence-electron chi connectivity index (χ2n) is 14.6. The van der Waals surface area contributed by atoms with Crippen LogP contribution in [0.4, 0.5) is 34.1 Å². The molecule has 2 aliphatic heterocycles. The molecule has 0 N–H and O–H groups in total. The van der Waals surface area contributed by atoms with Crippen LogP contribution in [0.25, 0.3) is 22.3 Å². The van der Waals surface area contributed by atoms with Crippen LogP contribution in [-0.4, -0.2) is 6.71 Å². The minimum Gasteiger partial charge on any atom is -0.311 e. The normalized spacial score (nSPS) is 12.9. The minimum absolute atomic E-state index is 0.0795. The first-order valence-electron chi connectivity index (χ1n) is 18.3. The van der Waals surface area contributed by atoms with E-state index in [1.165, 1.54) is 72.5 Å². The van der Waals surface area contributed by atoms with Crippen LogP contribution in [0, 0.1) is 0 Å². The molecule has 0 spiro atoms. The first-order chi connectivity index (χ1) is 25.0. The Bertz CT molecular complexity index is 2200. The molecule has 0 fully saturated rings. The Morgan fingerprint density at radius 2 is 0.765 bits per heavy atom. The summed E-state index contributed by atoms with van der Waals surface area (Å²) in [6.45, 7) is 9.09. The second kappa shape index (κ2) is 12.5. The van der Waals surface area contributed by atoms with Gasteiger partial charge in [-0.15, -0.1) is 0 Å². The van der Waals surface area contributed by atoms with Crippen LogP contribution in [0.5, 0.6) is 0 Å². The van der Waals surface area contributed by atoms with E-state index < -0.39 is 0 Å². The van der Waals surface area contributed by atoms with Crippen LogP contribution in [0.15, 0.2) is 164 Å². The molecule has 0 saturated carbocycles. The number of nitrogens with zero attached hydrogens (tertiary/aromatic N) is 2. The Labute approximate surface area is 302 Å². The zero-order valence-electron chi connectivity index (χ0n) is 29.7. The molecule has 0 unspecified atom stereocenters. The molecule has 0 saturated heterocycles. The van der Waals surface area contributed by atoms with Crippen molar-refractivity contribution in [3.05, 3.63) is 175 Å². The van der Waals surface area contributed by atoms with Crippen molar-refractivity contribution in [2.45, 2.75) is 39.5 Å². The van der Waals surface area contributed by atoms with Gasteiger partial charge in [-0.05, 0) is 110 Å². The van der Waals surface area contributed by atoms with Crippen molar-refractivity contribution < 1.29 is 0 Å². The predicted octanol–water partition coefficient (Wildman–Crippen LogP) is 11.3. The van der Waals surface area contributed by atoms with Gasteiger partial charge in [-0.1, -0.05) is 143 Å². The molecule has 0 radical (unpaired) electrons. The van der Waals surface area contributed by atoms with Gasteiger partial charge in [0.2, 0.25) is 0 Å². The molecule has 246 valence electrons. The number of fused-ring (bicyclic) bond motifs is 4. The summed E-state index contributed by atoms with van der Waals surface area (Å²) in [5.41, 5.74) is 18.9. The van der Waals surface area contributed by atoms with Crippen molar-refractivity contribution in [2.75, 3.05) is 9.80 Å². The highest BCUT2D eigenvalue weighted by Gasteiger charge is 2.43. The molecule has 2 heterocycles. The average Bonchev–Trinajstić information content (AvgIpc) is 3.18. The van der Waals surface area contributed by atoms with E-state index in [2.05, 4.69) is 201 Å². The van der Waals surface area contributed by atoms with Crippen LogP contribution in [0.3, 0.4) is 0 Å². The van der Waals surface area contributed by atoms with E-state index in [1.54, 1.807) is 0 Å². The molecule has 2 nitrogen and oxygen atoms in total. The SMILES string of the molecule is CC(C)c1ccc(-c2ccc3c(c2)N(c2ccccc2)c2cccc4c2B3c2ccc(-c3ccc(C(C)C)cc3)cc2N4c2ccccc2)cc1. The minimum atomic E-state index is 0.0795. The van der Waals surface area contributed by atoms with Gasteiger partial charge in [-0.3, -0.25) is 0 Å². The van der Waals surface area contributed by atoms with Crippen molar-refractivity contribution in [1.29, 1.82) is 0 Å². The van der Waals surface area contributed by atoms with Crippen molar-refractivity contribution in [3.63, 3.8) is 0 Å². The Hall–Kier alpha value is -5.80. The Morgan fingerprint density at radius 1 is 0.373 bits per heavy atom. The maximum absolute atomic E-state index is 2.48. The van der Waals surface area contributed by atoms with E-state index in [9.17, 15) is 0 Å². The van der Waals surface area contributed by atoms with Crippen LogP contribution in [-0.2, 0) is 0 Å². The summed E-state index contributed by atoms with van der Waals surface area (Å²) in [4.78, 5) is 4.96. The average molecular weight is 657 g/mol. The highest BCUT2D eigenvalue weighted by Crippen LogP contribution is 2.45. The number of hydrogen-bond acceptors (Lipinski definition) is 2. The van der Waals surface area contributed by atoms with Crippen LogP contribution < -0.4 is 26.2 Å². The van der Waals surface area contributed by atoms with Crippen molar-refractivity contribution in [3.8, 4) is 22.3 Å². The van der Waals surface area contributed by atoms with Gasteiger partial charge in [-0.2, -0.15) is 0 Å². The van der Waals surface area contributed by atoms with Gasteiger partial charge in [-0.25, -0.2) is 0 Å². The van der Waals surface area contributed by atoms with Crippen LogP contribution in [0.2, 0.25) is 0 Å². The molecular weight excluding hydrogens is 615 g/mol. The zero-order chi connectivity index (χ0) is 34.6. The monoisotopic (exact) mass is 656 g/mol. The summed E-state index contributed by atoms with van der Waals surface area (Å²) in [6.07, 6.45) is 0. The van der Waals surface area contributed by atoms with Gasteiger partial charge in [0.1, 0.15) is 0 Å². The number of rotatable bonds is 6. The van der Waals surface area contributed by atoms with E-state index in [0.29, 0.717) is 11.8 Å². The summed E-state index contributed by atoms with van der Waals surface area (Å²) in [5, 5.41) is 0. The van der Waals surface area contributed by atoms with E-state index in [0.717, 1.165) is 11.4 Å². The predicted molar refractivity (Wildman–Crippen MR) is 220 cm³/mol. The molecule has 51 heavy (non-hydrogen) atoms. The number of hydrogen-bond donors (Lipinski definition) is 0. The third-order valence-electron chi connectivity index (χ3n) is 10.8. The quantitative estimate of drug-likeness (QED) is 0.164. The van der Waals surface area contributed by atoms with E-state index in [1.807, 2.05) is 0 Å². The molecular formula is C48H41BN2. The molecule has 0 aliphatic carbocycles. The maximum Gasteiger partial charge on any atom is 0.252 e. The largest absolute Gasteiger partial charge is 0.311 e. The summed E-state index contributed by atoms with van der Waals surface area (Å²) >= 11 is 0. The van der Waals surface area contributed by atoms with Gasteiger partial charge < -0.3 is 9.80 Å². The fourth-order valence-electron chi connectivity index (χ4n) is 8.12. The first-order valence-corrected chi connectivity index (χ1v) is 18.3. The number of anilines is 6.